The van der Waals surface area contributed by atoms with Gasteiger partial charge in [-0.05, 0) is 26.0 Å². The van der Waals surface area contributed by atoms with Gasteiger partial charge in [-0.15, -0.1) is 0 Å². The van der Waals surface area contributed by atoms with E-state index in [-0.39, 0.29) is 6.10 Å². The standard InChI is InChI=1S/C14H24N2O3/c1-11(2)19-13-6-4-5-12(14(13)15)16-7-8-18-10-9-17-3/h4-6,11,16H,7-10,15H2,1-3H3. The Bertz CT molecular complexity index is 370. The van der Waals surface area contributed by atoms with Crippen molar-refractivity contribution in [2.45, 2.75) is 20.0 Å². The first-order chi connectivity index (χ1) is 9.15. The molecule has 1 aromatic carbocycles. The van der Waals surface area contributed by atoms with Crippen molar-refractivity contribution in [2.24, 2.45) is 0 Å². The summed E-state index contributed by atoms with van der Waals surface area (Å²) in [5, 5.41) is 3.23. The van der Waals surface area contributed by atoms with Crippen molar-refractivity contribution in [1.82, 2.24) is 0 Å². The molecule has 0 spiro atoms. The predicted octanol–water partition coefficient (Wildman–Crippen LogP) is 2.13. The summed E-state index contributed by atoms with van der Waals surface area (Å²) in [6.07, 6.45) is 0.106. The van der Waals surface area contributed by atoms with E-state index in [0.29, 0.717) is 37.8 Å². The fourth-order valence-corrected chi connectivity index (χ4v) is 1.56. The van der Waals surface area contributed by atoms with Gasteiger partial charge in [0.05, 0.1) is 37.3 Å². The number of nitrogens with two attached hydrogens (primary N) is 1. The molecule has 0 heterocycles. The van der Waals surface area contributed by atoms with Crippen LogP contribution >= 0.6 is 0 Å². The van der Waals surface area contributed by atoms with E-state index < -0.39 is 0 Å². The highest BCUT2D eigenvalue weighted by atomic mass is 16.5. The first-order valence-corrected chi connectivity index (χ1v) is 6.51. The maximum atomic E-state index is 6.05. The lowest BCUT2D eigenvalue weighted by Crippen LogP contribution is -2.13. The molecule has 1 aromatic rings. The zero-order chi connectivity index (χ0) is 14.1. The highest BCUT2D eigenvalue weighted by Gasteiger charge is 2.06. The van der Waals surface area contributed by atoms with Gasteiger partial charge in [0.1, 0.15) is 5.75 Å². The number of ether oxygens (including phenoxy) is 3. The molecule has 0 saturated heterocycles. The zero-order valence-corrected chi connectivity index (χ0v) is 11.9. The summed E-state index contributed by atoms with van der Waals surface area (Å²) in [5.74, 6) is 0.709. The molecule has 5 heteroatoms. The summed E-state index contributed by atoms with van der Waals surface area (Å²) in [7, 11) is 1.66. The second-order valence-corrected chi connectivity index (χ2v) is 4.42. The van der Waals surface area contributed by atoms with E-state index in [0.717, 1.165) is 5.69 Å². The van der Waals surface area contributed by atoms with Crippen molar-refractivity contribution in [3.05, 3.63) is 18.2 Å². The minimum absolute atomic E-state index is 0.106. The zero-order valence-electron chi connectivity index (χ0n) is 11.9. The summed E-state index contributed by atoms with van der Waals surface area (Å²) < 4.78 is 15.9. The topological polar surface area (TPSA) is 65.7 Å². The highest BCUT2D eigenvalue weighted by Crippen LogP contribution is 2.29. The quantitative estimate of drug-likeness (QED) is 0.530. The SMILES string of the molecule is COCCOCCNc1cccc(OC(C)C)c1N. The van der Waals surface area contributed by atoms with Crippen LogP contribution in [0.25, 0.3) is 0 Å². The van der Waals surface area contributed by atoms with E-state index in [9.17, 15) is 0 Å². The number of hydrogen-bond acceptors (Lipinski definition) is 5. The van der Waals surface area contributed by atoms with E-state index in [1.165, 1.54) is 0 Å². The number of anilines is 2. The first kappa shape index (κ1) is 15.6. The minimum atomic E-state index is 0.106. The van der Waals surface area contributed by atoms with Gasteiger partial charge in [-0.3, -0.25) is 0 Å². The molecule has 0 fully saturated rings. The fraction of sp³-hybridized carbons (Fsp3) is 0.571. The number of para-hydroxylation sites is 1. The number of benzene rings is 1. The Morgan fingerprint density at radius 3 is 2.68 bits per heavy atom. The van der Waals surface area contributed by atoms with Crippen LogP contribution in [0.3, 0.4) is 0 Å². The molecule has 0 saturated carbocycles. The third-order valence-corrected chi connectivity index (χ3v) is 2.42. The molecule has 0 aliphatic carbocycles. The van der Waals surface area contributed by atoms with Gasteiger partial charge >= 0.3 is 0 Å². The fourth-order valence-electron chi connectivity index (χ4n) is 1.56. The molecule has 0 atom stereocenters. The number of rotatable bonds is 9. The average molecular weight is 268 g/mol. The molecular formula is C14H24N2O3. The maximum Gasteiger partial charge on any atom is 0.144 e. The van der Waals surface area contributed by atoms with Gasteiger partial charge in [0, 0.05) is 13.7 Å². The number of methoxy groups -OCH3 is 1. The molecule has 1 rings (SSSR count). The van der Waals surface area contributed by atoms with E-state index in [1.54, 1.807) is 7.11 Å². The molecule has 0 aliphatic rings. The van der Waals surface area contributed by atoms with Crippen LogP contribution in [0, 0.1) is 0 Å². The minimum Gasteiger partial charge on any atom is -0.489 e. The highest BCUT2D eigenvalue weighted by molar-refractivity contribution is 5.72. The van der Waals surface area contributed by atoms with Crippen LogP contribution in [0.2, 0.25) is 0 Å². The van der Waals surface area contributed by atoms with Crippen molar-refractivity contribution in [3.8, 4) is 5.75 Å². The summed E-state index contributed by atoms with van der Waals surface area (Å²) in [4.78, 5) is 0. The summed E-state index contributed by atoms with van der Waals surface area (Å²) in [5.41, 5.74) is 7.55. The molecule has 3 N–H and O–H groups in total. The van der Waals surface area contributed by atoms with Gasteiger partial charge in [-0.2, -0.15) is 0 Å². The van der Waals surface area contributed by atoms with Crippen LogP contribution in [0.1, 0.15) is 13.8 Å². The largest absolute Gasteiger partial charge is 0.489 e. The van der Waals surface area contributed by atoms with Gasteiger partial charge in [-0.25, -0.2) is 0 Å². The van der Waals surface area contributed by atoms with Crippen LogP contribution in [-0.2, 0) is 9.47 Å². The van der Waals surface area contributed by atoms with Crippen molar-refractivity contribution in [3.63, 3.8) is 0 Å². The summed E-state index contributed by atoms with van der Waals surface area (Å²) in [6.45, 7) is 6.47. The average Bonchev–Trinajstić information content (AvgIpc) is 2.37. The molecular weight excluding hydrogens is 244 g/mol. The molecule has 0 aromatic heterocycles. The van der Waals surface area contributed by atoms with Crippen LogP contribution < -0.4 is 15.8 Å². The van der Waals surface area contributed by atoms with Crippen LogP contribution in [0.15, 0.2) is 18.2 Å². The number of nitrogen functional groups attached to an aromatic ring is 1. The van der Waals surface area contributed by atoms with Crippen molar-refractivity contribution in [1.29, 1.82) is 0 Å². The number of nitrogens with one attached hydrogen (secondary N) is 1. The molecule has 0 amide bonds. The van der Waals surface area contributed by atoms with Crippen molar-refractivity contribution in [2.75, 3.05) is 44.5 Å². The van der Waals surface area contributed by atoms with E-state index >= 15 is 0 Å². The third-order valence-electron chi connectivity index (χ3n) is 2.42. The maximum absolute atomic E-state index is 6.05. The van der Waals surface area contributed by atoms with Crippen LogP contribution in [-0.4, -0.2) is 39.6 Å². The Morgan fingerprint density at radius 2 is 2.00 bits per heavy atom. The predicted molar refractivity (Wildman–Crippen MR) is 77.8 cm³/mol. The summed E-state index contributed by atoms with van der Waals surface area (Å²) >= 11 is 0. The Balaban J connectivity index is 2.41. The molecule has 108 valence electrons. The number of hydrogen-bond donors (Lipinski definition) is 2. The molecule has 0 radical (unpaired) electrons. The second kappa shape index (κ2) is 8.61. The van der Waals surface area contributed by atoms with Crippen molar-refractivity contribution < 1.29 is 14.2 Å². The first-order valence-electron chi connectivity index (χ1n) is 6.51. The lowest BCUT2D eigenvalue weighted by Gasteiger charge is -2.15. The van der Waals surface area contributed by atoms with E-state index in [2.05, 4.69) is 5.32 Å². The summed E-state index contributed by atoms with van der Waals surface area (Å²) in [6, 6.07) is 5.72. The Morgan fingerprint density at radius 1 is 1.21 bits per heavy atom. The molecule has 19 heavy (non-hydrogen) atoms. The van der Waals surface area contributed by atoms with Gasteiger partial charge in [0.25, 0.3) is 0 Å². The van der Waals surface area contributed by atoms with Crippen LogP contribution in [0.5, 0.6) is 5.75 Å². The Hall–Kier alpha value is -1.46. The third kappa shape index (κ3) is 5.81. The lowest BCUT2D eigenvalue weighted by molar-refractivity contribution is 0.0759. The van der Waals surface area contributed by atoms with E-state index in [1.807, 2.05) is 32.0 Å². The van der Waals surface area contributed by atoms with Crippen LogP contribution in [0.4, 0.5) is 11.4 Å². The molecule has 0 bridgehead atoms. The Labute approximate surface area is 115 Å². The van der Waals surface area contributed by atoms with Gasteiger partial charge in [0.2, 0.25) is 0 Å². The van der Waals surface area contributed by atoms with E-state index in [4.69, 9.17) is 19.9 Å². The molecule has 0 unspecified atom stereocenters. The normalized spacial score (nSPS) is 10.7. The smallest absolute Gasteiger partial charge is 0.144 e. The lowest BCUT2D eigenvalue weighted by atomic mass is 10.2. The van der Waals surface area contributed by atoms with Gasteiger partial charge in [0.15, 0.2) is 0 Å². The monoisotopic (exact) mass is 268 g/mol. The Kier molecular flexibility index (Phi) is 7.07. The second-order valence-electron chi connectivity index (χ2n) is 4.42. The van der Waals surface area contributed by atoms with Crippen molar-refractivity contribution >= 4 is 11.4 Å². The van der Waals surface area contributed by atoms with Gasteiger partial charge < -0.3 is 25.3 Å². The molecule has 5 nitrogen and oxygen atoms in total. The molecule has 0 aliphatic heterocycles. The van der Waals surface area contributed by atoms with Gasteiger partial charge in [-0.1, -0.05) is 6.07 Å².